The van der Waals surface area contributed by atoms with Crippen molar-refractivity contribution in [2.24, 2.45) is 11.8 Å². The molecule has 3 nitrogen and oxygen atoms in total. The fraction of sp³-hybridized carbons (Fsp3) is 0.667. The molecule has 118 valence electrons. The highest BCUT2D eigenvalue weighted by atomic mass is 16.5. The summed E-state index contributed by atoms with van der Waals surface area (Å²) in [5.74, 6) is 3.29. The second kappa shape index (κ2) is 8.93. The minimum absolute atomic E-state index is 0.738. The third kappa shape index (κ3) is 4.92. The Labute approximate surface area is 129 Å². The minimum atomic E-state index is 0.738. The van der Waals surface area contributed by atoms with E-state index in [2.05, 4.69) is 12.2 Å². The fourth-order valence-corrected chi connectivity index (χ4v) is 3.32. The Morgan fingerprint density at radius 3 is 2.57 bits per heavy atom. The highest BCUT2D eigenvalue weighted by Gasteiger charge is 2.24. The van der Waals surface area contributed by atoms with Gasteiger partial charge in [0.15, 0.2) is 11.5 Å². The monoisotopic (exact) mass is 291 g/mol. The SMILES string of the molecule is CCNCC(CCOc1ccccc1OC)C1CCCC1. The Hall–Kier alpha value is -1.22. The molecule has 21 heavy (non-hydrogen) atoms. The van der Waals surface area contributed by atoms with Gasteiger partial charge in [-0.1, -0.05) is 44.7 Å². The van der Waals surface area contributed by atoms with Gasteiger partial charge in [-0.25, -0.2) is 0 Å². The predicted molar refractivity (Wildman–Crippen MR) is 87.1 cm³/mol. The first kappa shape index (κ1) is 16.2. The molecule has 2 rings (SSSR count). The van der Waals surface area contributed by atoms with Crippen molar-refractivity contribution < 1.29 is 9.47 Å². The number of benzene rings is 1. The van der Waals surface area contributed by atoms with Gasteiger partial charge in [-0.3, -0.25) is 0 Å². The molecule has 1 saturated carbocycles. The molecule has 1 aliphatic carbocycles. The molecule has 1 aromatic rings. The van der Waals surface area contributed by atoms with Gasteiger partial charge in [-0.15, -0.1) is 0 Å². The first-order valence-corrected chi connectivity index (χ1v) is 8.31. The maximum absolute atomic E-state index is 5.95. The molecule has 0 radical (unpaired) electrons. The summed E-state index contributed by atoms with van der Waals surface area (Å²) in [6.07, 6.45) is 6.71. The lowest BCUT2D eigenvalue weighted by atomic mass is 9.88. The topological polar surface area (TPSA) is 30.5 Å². The van der Waals surface area contributed by atoms with Crippen molar-refractivity contribution in [3.8, 4) is 11.5 Å². The quantitative estimate of drug-likeness (QED) is 0.749. The van der Waals surface area contributed by atoms with Crippen LogP contribution in [-0.4, -0.2) is 26.8 Å². The summed E-state index contributed by atoms with van der Waals surface area (Å²) in [6, 6.07) is 7.89. The molecule has 0 aromatic heterocycles. The zero-order valence-corrected chi connectivity index (χ0v) is 13.4. The Kier molecular flexibility index (Phi) is 6.87. The Morgan fingerprint density at radius 2 is 1.90 bits per heavy atom. The van der Waals surface area contributed by atoms with E-state index in [0.717, 1.165) is 49.5 Å². The first-order valence-electron chi connectivity index (χ1n) is 8.31. The van der Waals surface area contributed by atoms with E-state index in [0.29, 0.717) is 0 Å². The molecule has 0 spiro atoms. The van der Waals surface area contributed by atoms with Gasteiger partial charge in [0, 0.05) is 0 Å². The van der Waals surface area contributed by atoms with Gasteiger partial charge in [0.2, 0.25) is 0 Å². The zero-order valence-electron chi connectivity index (χ0n) is 13.4. The summed E-state index contributed by atoms with van der Waals surface area (Å²) in [5.41, 5.74) is 0. The van der Waals surface area contributed by atoms with Crippen molar-refractivity contribution in [1.82, 2.24) is 5.32 Å². The van der Waals surface area contributed by atoms with E-state index in [-0.39, 0.29) is 0 Å². The second-order valence-corrected chi connectivity index (χ2v) is 5.90. The Bertz CT molecular complexity index is 402. The van der Waals surface area contributed by atoms with Gasteiger partial charge in [0.1, 0.15) is 0 Å². The van der Waals surface area contributed by atoms with Crippen LogP contribution in [0.2, 0.25) is 0 Å². The van der Waals surface area contributed by atoms with E-state index >= 15 is 0 Å². The van der Waals surface area contributed by atoms with Crippen molar-refractivity contribution in [2.75, 3.05) is 26.8 Å². The van der Waals surface area contributed by atoms with Crippen molar-refractivity contribution in [3.63, 3.8) is 0 Å². The molecule has 1 N–H and O–H groups in total. The van der Waals surface area contributed by atoms with Crippen LogP contribution in [0, 0.1) is 11.8 Å². The predicted octanol–water partition coefficient (Wildman–Crippen LogP) is 3.88. The van der Waals surface area contributed by atoms with E-state index in [1.54, 1.807) is 7.11 Å². The van der Waals surface area contributed by atoms with E-state index in [9.17, 15) is 0 Å². The lowest BCUT2D eigenvalue weighted by molar-refractivity contribution is 0.224. The van der Waals surface area contributed by atoms with Gasteiger partial charge in [0.05, 0.1) is 13.7 Å². The summed E-state index contributed by atoms with van der Waals surface area (Å²) in [6.45, 7) is 5.12. The van der Waals surface area contributed by atoms with E-state index in [1.807, 2.05) is 24.3 Å². The number of ether oxygens (including phenoxy) is 2. The van der Waals surface area contributed by atoms with Crippen LogP contribution in [-0.2, 0) is 0 Å². The van der Waals surface area contributed by atoms with Gasteiger partial charge in [-0.2, -0.15) is 0 Å². The third-order valence-electron chi connectivity index (χ3n) is 4.54. The molecule has 0 saturated heterocycles. The number of para-hydroxylation sites is 2. The van der Waals surface area contributed by atoms with Crippen LogP contribution in [0.4, 0.5) is 0 Å². The maximum atomic E-state index is 5.95. The summed E-state index contributed by atoms with van der Waals surface area (Å²) in [7, 11) is 1.69. The maximum Gasteiger partial charge on any atom is 0.161 e. The van der Waals surface area contributed by atoms with Gasteiger partial charge < -0.3 is 14.8 Å². The lowest BCUT2D eigenvalue weighted by Crippen LogP contribution is -2.28. The van der Waals surface area contributed by atoms with Crippen LogP contribution in [0.5, 0.6) is 11.5 Å². The van der Waals surface area contributed by atoms with Crippen molar-refractivity contribution in [3.05, 3.63) is 24.3 Å². The molecule has 1 aromatic carbocycles. The number of hydrogen-bond acceptors (Lipinski definition) is 3. The molecule has 1 unspecified atom stereocenters. The molecule has 1 atom stereocenters. The van der Waals surface area contributed by atoms with E-state index in [4.69, 9.17) is 9.47 Å². The summed E-state index contributed by atoms with van der Waals surface area (Å²) < 4.78 is 11.3. The van der Waals surface area contributed by atoms with Crippen LogP contribution in [0.25, 0.3) is 0 Å². The average molecular weight is 291 g/mol. The second-order valence-electron chi connectivity index (χ2n) is 5.90. The molecule has 0 bridgehead atoms. The van der Waals surface area contributed by atoms with Gasteiger partial charge in [0.25, 0.3) is 0 Å². The summed E-state index contributed by atoms with van der Waals surface area (Å²) in [5, 5.41) is 3.52. The van der Waals surface area contributed by atoms with Crippen molar-refractivity contribution in [2.45, 2.75) is 39.0 Å². The normalized spacial score (nSPS) is 16.9. The van der Waals surface area contributed by atoms with Gasteiger partial charge in [-0.05, 0) is 43.5 Å². The van der Waals surface area contributed by atoms with Crippen molar-refractivity contribution >= 4 is 0 Å². The van der Waals surface area contributed by atoms with Crippen LogP contribution in [0.15, 0.2) is 24.3 Å². The number of nitrogens with one attached hydrogen (secondary N) is 1. The number of rotatable bonds is 9. The number of methoxy groups -OCH3 is 1. The molecule has 0 aliphatic heterocycles. The van der Waals surface area contributed by atoms with Crippen LogP contribution >= 0.6 is 0 Å². The molecule has 0 amide bonds. The Morgan fingerprint density at radius 1 is 1.19 bits per heavy atom. The minimum Gasteiger partial charge on any atom is -0.493 e. The number of hydrogen-bond donors (Lipinski definition) is 1. The average Bonchev–Trinajstić information content (AvgIpc) is 3.05. The summed E-state index contributed by atoms with van der Waals surface area (Å²) in [4.78, 5) is 0. The first-order chi connectivity index (χ1) is 10.3. The van der Waals surface area contributed by atoms with E-state index in [1.165, 1.54) is 25.7 Å². The van der Waals surface area contributed by atoms with Crippen LogP contribution in [0.1, 0.15) is 39.0 Å². The van der Waals surface area contributed by atoms with Crippen LogP contribution < -0.4 is 14.8 Å². The fourth-order valence-electron chi connectivity index (χ4n) is 3.32. The largest absolute Gasteiger partial charge is 0.493 e. The lowest BCUT2D eigenvalue weighted by Gasteiger charge is -2.24. The van der Waals surface area contributed by atoms with Crippen molar-refractivity contribution in [1.29, 1.82) is 0 Å². The standard InChI is InChI=1S/C18H29NO2/c1-3-19-14-16(15-8-4-5-9-15)12-13-21-18-11-7-6-10-17(18)20-2/h6-7,10-11,15-16,19H,3-5,8-9,12-14H2,1-2H3. The smallest absolute Gasteiger partial charge is 0.161 e. The highest BCUT2D eigenvalue weighted by Crippen LogP contribution is 2.33. The van der Waals surface area contributed by atoms with Gasteiger partial charge >= 0.3 is 0 Å². The van der Waals surface area contributed by atoms with E-state index < -0.39 is 0 Å². The molecule has 3 heteroatoms. The molecule has 1 fully saturated rings. The zero-order chi connectivity index (χ0) is 14.9. The Balaban J connectivity index is 1.83. The molecule has 0 heterocycles. The molecular formula is C18H29NO2. The summed E-state index contributed by atoms with van der Waals surface area (Å²) >= 11 is 0. The molecular weight excluding hydrogens is 262 g/mol. The highest BCUT2D eigenvalue weighted by molar-refractivity contribution is 5.39. The molecule has 1 aliphatic rings. The van der Waals surface area contributed by atoms with Crippen LogP contribution in [0.3, 0.4) is 0 Å². The third-order valence-corrected chi connectivity index (χ3v) is 4.54.